The highest BCUT2D eigenvalue weighted by molar-refractivity contribution is 6.43. The average molecular weight is 240 g/mol. The molecule has 2 aromatic rings. The molecule has 0 aromatic carbocycles. The van der Waals surface area contributed by atoms with Gasteiger partial charge in [0.2, 0.25) is 0 Å². The summed E-state index contributed by atoms with van der Waals surface area (Å²) in [5.74, 6) is 0. The first-order valence-corrected chi connectivity index (χ1v) is 5.03. The van der Waals surface area contributed by atoms with Crippen LogP contribution in [0.1, 0.15) is 5.69 Å². The molecule has 2 rings (SSSR count). The van der Waals surface area contributed by atoms with Gasteiger partial charge in [0.25, 0.3) is 0 Å². The van der Waals surface area contributed by atoms with Gasteiger partial charge in [-0.2, -0.15) is 0 Å². The molecule has 0 radical (unpaired) electrons. The van der Waals surface area contributed by atoms with Crippen molar-refractivity contribution in [3.63, 3.8) is 0 Å². The molecule has 3 nitrogen and oxygen atoms in total. The molecule has 0 unspecified atom stereocenters. The summed E-state index contributed by atoms with van der Waals surface area (Å²) in [6.45, 7) is 1.85. The maximum absolute atomic E-state index is 6.04. The SMILES string of the molecule is Cc1cc(Cl)c(Cl)c(-c2ccncn2)n1. The molecule has 0 N–H and O–H groups in total. The number of pyridine rings is 1. The third-order valence-electron chi connectivity index (χ3n) is 1.87. The number of hydrogen-bond donors (Lipinski definition) is 0. The van der Waals surface area contributed by atoms with Crippen LogP contribution in [0.5, 0.6) is 0 Å². The lowest BCUT2D eigenvalue weighted by molar-refractivity contribution is 1.13. The van der Waals surface area contributed by atoms with E-state index in [1.165, 1.54) is 6.33 Å². The summed E-state index contributed by atoms with van der Waals surface area (Å²) < 4.78 is 0. The highest BCUT2D eigenvalue weighted by Crippen LogP contribution is 2.31. The molecule has 2 aromatic heterocycles. The van der Waals surface area contributed by atoms with Crippen LogP contribution in [-0.4, -0.2) is 15.0 Å². The van der Waals surface area contributed by atoms with E-state index in [9.17, 15) is 0 Å². The van der Waals surface area contributed by atoms with Crippen LogP contribution in [0.3, 0.4) is 0 Å². The van der Waals surface area contributed by atoms with Gasteiger partial charge in [0.1, 0.15) is 12.0 Å². The first-order chi connectivity index (χ1) is 7.18. The molecule has 76 valence electrons. The molecule has 0 aliphatic rings. The van der Waals surface area contributed by atoms with Crippen LogP contribution in [0.2, 0.25) is 10.0 Å². The molecule has 0 aliphatic carbocycles. The Morgan fingerprint density at radius 2 is 2.07 bits per heavy atom. The van der Waals surface area contributed by atoms with Crippen molar-refractivity contribution >= 4 is 23.2 Å². The molecule has 0 aliphatic heterocycles. The minimum absolute atomic E-state index is 0.418. The van der Waals surface area contributed by atoms with E-state index in [1.54, 1.807) is 18.3 Å². The van der Waals surface area contributed by atoms with Gasteiger partial charge in [0, 0.05) is 11.9 Å². The van der Waals surface area contributed by atoms with Gasteiger partial charge in [-0.15, -0.1) is 0 Å². The summed E-state index contributed by atoms with van der Waals surface area (Å²) in [5, 5.41) is 0.902. The molecule has 15 heavy (non-hydrogen) atoms. The number of hydrogen-bond acceptors (Lipinski definition) is 3. The van der Waals surface area contributed by atoms with E-state index in [1.807, 2.05) is 6.92 Å². The van der Waals surface area contributed by atoms with Crippen LogP contribution in [0.15, 0.2) is 24.7 Å². The minimum Gasteiger partial charge on any atom is -0.250 e. The van der Waals surface area contributed by atoms with Crippen molar-refractivity contribution < 1.29 is 0 Å². The topological polar surface area (TPSA) is 38.7 Å². The fraction of sp³-hybridized carbons (Fsp3) is 0.100. The second-order valence-corrected chi connectivity index (χ2v) is 3.79. The highest BCUT2D eigenvalue weighted by atomic mass is 35.5. The Bertz CT molecular complexity index is 486. The number of halogens is 2. The second-order valence-electron chi connectivity index (χ2n) is 3.00. The fourth-order valence-electron chi connectivity index (χ4n) is 1.22. The van der Waals surface area contributed by atoms with Crippen molar-refractivity contribution in [3.8, 4) is 11.4 Å². The van der Waals surface area contributed by atoms with Crippen LogP contribution in [-0.2, 0) is 0 Å². The van der Waals surface area contributed by atoms with Crippen molar-refractivity contribution in [2.75, 3.05) is 0 Å². The van der Waals surface area contributed by atoms with Gasteiger partial charge < -0.3 is 0 Å². The predicted molar refractivity (Wildman–Crippen MR) is 60.0 cm³/mol. The van der Waals surface area contributed by atoms with E-state index < -0.39 is 0 Å². The Kier molecular flexibility index (Phi) is 2.84. The lowest BCUT2D eigenvalue weighted by atomic mass is 10.2. The summed E-state index contributed by atoms with van der Waals surface area (Å²) in [6, 6.07) is 3.46. The monoisotopic (exact) mass is 239 g/mol. The second kappa shape index (κ2) is 4.13. The van der Waals surface area contributed by atoms with Gasteiger partial charge in [-0.3, -0.25) is 0 Å². The van der Waals surface area contributed by atoms with Gasteiger partial charge in [-0.05, 0) is 19.1 Å². The van der Waals surface area contributed by atoms with Gasteiger partial charge in [0.05, 0.1) is 15.7 Å². The van der Waals surface area contributed by atoms with Crippen LogP contribution < -0.4 is 0 Å². The lowest BCUT2D eigenvalue weighted by Crippen LogP contribution is -1.92. The van der Waals surface area contributed by atoms with Gasteiger partial charge >= 0.3 is 0 Å². The largest absolute Gasteiger partial charge is 0.250 e. The van der Waals surface area contributed by atoms with Gasteiger partial charge in [-0.1, -0.05) is 23.2 Å². The van der Waals surface area contributed by atoms with E-state index in [0.29, 0.717) is 21.4 Å². The lowest BCUT2D eigenvalue weighted by Gasteiger charge is -2.05. The Labute approximate surface area is 97.1 Å². The molecule has 2 heterocycles. The van der Waals surface area contributed by atoms with E-state index in [4.69, 9.17) is 23.2 Å². The molecule has 0 fully saturated rings. The van der Waals surface area contributed by atoms with Crippen molar-refractivity contribution in [1.29, 1.82) is 0 Å². The molecular formula is C10H7Cl2N3. The third-order valence-corrected chi connectivity index (χ3v) is 2.64. The molecule has 0 atom stereocenters. The van der Waals surface area contributed by atoms with Crippen molar-refractivity contribution in [1.82, 2.24) is 15.0 Å². The number of aromatic nitrogens is 3. The number of nitrogens with zero attached hydrogens (tertiary/aromatic N) is 3. The normalized spacial score (nSPS) is 10.3. The first kappa shape index (κ1) is 10.3. The fourth-order valence-corrected chi connectivity index (χ4v) is 1.66. The zero-order valence-corrected chi connectivity index (χ0v) is 9.42. The summed E-state index contributed by atoms with van der Waals surface area (Å²) in [6.07, 6.45) is 3.08. The Hall–Kier alpha value is -1.19. The number of aryl methyl sites for hydroxylation is 1. The van der Waals surface area contributed by atoms with Gasteiger partial charge in [-0.25, -0.2) is 15.0 Å². The molecular weight excluding hydrogens is 233 g/mol. The Morgan fingerprint density at radius 1 is 1.27 bits per heavy atom. The molecule has 0 saturated heterocycles. The Morgan fingerprint density at radius 3 is 2.73 bits per heavy atom. The van der Waals surface area contributed by atoms with E-state index in [2.05, 4.69) is 15.0 Å². The molecule has 0 bridgehead atoms. The maximum atomic E-state index is 6.04. The zero-order chi connectivity index (χ0) is 10.8. The smallest absolute Gasteiger partial charge is 0.116 e. The minimum atomic E-state index is 0.418. The van der Waals surface area contributed by atoms with Crippen LogP contribution in [0, 0.1) is 6.92 Å². The van der Waals surface area contributed by atoms with Crippen molar-refractivity contribution in [2.45, 2.75) is 6.92 Å². The summed E-state index contributed by atoms with van der Waals surface area (Å²) in [5.41, 5.74) is 2.06. The van der Waals surface area contributed by atoms with E-state index >= 15 is 0 Å². The maximum Gasteiger partial charge on any atom is 0.116 e. The van der Waals surface area contributed by atoms with Gasteiger partial charge in [0.15, 0.2) is 0 Å². The summed E-state index contributed by atoms with van der Waals surface area (Å²) in [7, 11) is 0. The molecule has 5 heteroatoms. The standard InChI is InChI=1S/C10H7Cl2N3/c1-6-4-7(11)9(12)10(15-6)8-2-3-13-5-14-8/h2-5H,1H3. The van der Waals surface area contributed by atoms with Crippen LogP contribution in [0.25, 0.3) is 11.4 Å². The predicted octanol–water partition coefficient (Wildman–Crippen LogP) is 3.15. The highest BCUT2D eigenvalue weighted by Gasteiger charge is 2.10. The average Bonchev–Trinajstić information content (AvgIpc) is 2.24. The first-order valence-electron chi connectivity index (χ1n) is 4.27. The Balaban J connectivity index is 2.63. The third kappa shape index (κ3) is 2.08. The van der Waals surface area contributed by atoms with Crippen molar-refractivity contribution in [3.05, 3.63) is 40.4 Å². The summed E-state index contributed by atoms with van der Waals surface area (Å²) in [4.78, 5) is 12.2. The van der Waals surface area contributed by atoms with Crippen molar-refractivity contribution in [2.24, 2.45) is 0 Å². The summed E-state index contributed by atoms with van der Waals surface area (Å²) >= 11 is 12.0. The van der Waals surface area contributed by atoms with Crippen LogP contribution >= 0.6 is 23.2 Å². The number of rotatable bonds is 1. The van der Waals surface area contributed by atoms with Crippen LogP contribution in [0.4, 0.5) is 0 Å². The molecule has 0 saturated carbocycles. The molecule has 0 amide bonds. The quantitative estimate of drug-likeness (QED) is 0.768. The van der Waals surface area contributed by atoms with E-state index in [-0.39, 0.29) is 0 Å². The van der Waals surface area contributed by atoms with E-state index in [0.717, 1.165) is 5.69 Å². The molecule has 0 spiro atoms. The zero-order valence-electron chi connectivity index (χ0n) is 7.91.